The maximum absolute atomic E-state index is 13.1. The summed E-state index contributed by atoms with van der Waals surface area (Å²) >= 11 is 0. The summed E-state index contributed by atoms with van der Waals surface area (Å²) in [6.45, 7) is 3.83. The van der Waals surface area contributed by atoms with Crippen molar-refractivity contribution in [3.8, 4) is 0 Å². The molecule has 5 heteroatoms. The third kappa shape index (κ3) is 3.49. The van der Waals surface area contributed by atoms with Gasteiger partial charge in [-0.05, 0) is 31.4 Å². The molecule has 17 heavy (non-hydrogen) atoms. The van der Waals surface area contributed by atoms with Crippen LogP contribution < -0.4 is 5.73 Å². The van der Waals surface area contributed by atoms with Crippen molar-refractivity contribution in [1.82, 2.24) is 0 Å². The molecule has 2 unspecified atom stereocenters. The Balaban J connectivity index is 3.03. The molecule has 0 radical (unpaired) electrons. The number of nitro groups is 1. The molecule has 1 aromatic carbocycles. The van der Waals surface area contributed by atoms with E-state index in [9.17, 15) is 14.5 Å². The summed E-state index contributed by atoms with van der Waals surface area (Å²) in [4.78, 5) is 10.3. The van der Waals surface area contributed by atoms with Gasteiger partial charge >= 0.3 is 0 Å². The molecule has 0 aliphatic carbocycles. The van der Waals surface area contributed by atoms with Gasteiger partial charge in [0.2, 0.25) is 0 Å². The van der Waals surface area contributed by atoms with Gasteiger partial charge in [-0.2, -0.15) is 0 Å². The molecule has 0 amide bonds. The number of nitrogens with zero attached hydrogens (tertiary/aromatic N) is 1. The van der Waals surface area contributed by atoms with Gasteiger partial charge in [0.15, 0.2) is 0 Å². The predicted octanol–water partition coefficient (Wildman–Crippen LogP) is 2.65. The normalized spacial score (nSPS) is 14.4. The van der Waals surface area contributed by atoms with Gasteiger partial charge in [-0.3, -0.25) is 10.1 Å². The molecule has 0 spiro atoms. The number of rotatable bonds is 5. The quantitative estimate of drug-likeness (QED) is 0.635. The smallest absolute Gasteiger partial charge is 0.272 e. The third-order valence-corrected chi connectivity index (χ3v) is 2.99. The van der Waals surface area contributed by atoms with Crippen molar-refractivity contribution < 1.29 is 9.31 Å². The minimum absolute atomic E-state index is 0.0366. The van der Waals surface area contributed by atoms with Crippen LogP contribution in [0.25, 0.3) is 0 Å². The second-order valence-corrected chi connectivity index (χ2v) is 4.26. The Morgan fingerprint density at radius 1 is 1.53 bits per heavy atom. The number of halogens is 1. The summed E-state index contributed by atoms with van der Waals surface area (Å²) < 4.78 is 13.1. The van der Waals surface area contributed by atoms with Crippen molar-refractivity contribution in [2.75, 3.05) is 0 Å². The van der Waals surface area contributed by atoms with E-state index < -0.39 is 10.7 Å². The SMILES string of the molecule is CCC(Cc1cc(F)ccc1[N+](=O)[O-])C(C)N. The van der Waals surface area contributed by atoms with Crippen LogP contribution in [0, 0.1) is 21.8 Å². The molecule has 2 N–H and O–H groups in total. The molecule has 4 nitrogen and oxygen atoms in total. The van der Waals surface area contributed by atoms with Gasteiger partial charge in [-0.1, -0.05) is 13.3 Å². The van der Waals surface area contributed by atoms with Gasteiger partial charge in [0.05, 0.1) is 4.92 Å². The lowest BCUT2D eigenvalue weighted by Gasteiger charge is -2.18. The van der Waals surface area contributed by atoms with Crippen LogP contribution in [0.3, 0.4) is 0 Å². The van der Waals surface area contributed by atoms with Gasteiger partial charge in [0, 0.05) is 17.7 Å². The molecule has 94 valence electrons. The molecule has 2 atom stereocenters. The lowest BCUT2D eigenvalue weighted by Crippen LogP contribution is -2.27. The molecule has 0 aliphatic heterocycles. The number of hydrogen-bond acceptors (Lipinski definition) is 3. The van der Waals surface area contributed by atoms with Crippen molar-refractivity contribution in [2.45, 2.75) is 32.7 Å². The zero-order valence-electron chi connectivity index (χ0n) is 10.0. The molecule has 0 saturated carbocycles. The summed E-state index contributed by atoms with van der Waals surface area (Å²) in [6, 6.07) is 3.47. The average molecular weight is 240 g/mol. The Hall–Kier alpha value is -1.49. The van der Waals surface area contributed by atoms with Crippen LogP contribution in [0.5, 0.6) is 0 Å². The van der Waals surface area contributed by atoms with Gasteiger partial charge in [0.25, 0.3) is 5.69 Å². The van der Waals surface area contributed by atoms with Crippen molar-refractivity contribution in [3.05, 3.63) is 39.7 Å². The molecule has 0 saturated heterocycles. The fourth-order valence-electron chi connectivity index (χ4n) is 1.88. The molecule has 1 aromatic rings. The zero-order valence-corrected chi connectivity index (χ0v) is 10.0. The maximum Gasteiger partial charge on any atom is 0.272 e. The minimum atomic E-state index is -0.483. The fraction of sp³-hybridized carbons (Fsp3) is 0.500. The average Bonchev–Trinajstić information content (AvgIpc) is 2.25. The highest BCUT2D eigenvalue weighted by molar-refractivity contribution is 5.40. The van der Waals surface area contributed by atoms with Crippen molar-refractivity contribution in [1.29, 1.82) is 0 Å². The molecular formula is C12H17FN2O2. The third-order valence-electron chi connectivity index (χ3n) is 2.99. The first kappa shape index (κ1) is 13.6. The predicted molar refractivity (Wildman–Crippen MR) is 64.2 cm³/mol. The van der Waals surface area contributed by atoms with E-state index in [0.717, 1.165) is 12.5 Å². The highest BCUT2D eigenvalue weighted by Gasteiger charge is 2.20. The monoisotopic (exact) mass is 240 g/mol. The maximum atomic E-state index is 13.1. The van der Waals surface area contributed by atoms with Crippen molar-refractivity contribution in [2.24, 2.45) is 11.7 Å². The van der Waals surface area contributed by atoms with Crippen LogP contribution in [0.2, 0.25) is 0 Å². The number of benzene rings is 1. The van der Waals surface area contributed by atoms with Crippen molar-refractivity contribution in [3.63, 3.8) is 0 Å². The van der Waals surface area contributed by atoms with Gasteiger partial charge in [0.1, 0.15) is 5.82 Å². The van der Waals surface area contributed by atoms with E-state index in [0.29, 0.717) is 12.0 Å². The van der Waals surface area contributed by atoms with E-state index in [1.165, 1.54) is 12.1 Å². The number of nitrogens with two attached hydrogens (primary N) is 1. The molecule has 0 aliphatic rings. The van der Waals surface area contributed by atoms with E-state index in [1.807, 2.05) is 13.8 Å². The topological polar surface area (TPSA) is 69.2 Å². The molecule has 0 bridgehead atoms. The Bertz CT molecular complexity index is 407. The first-order valence-electron chi connectivity index (χ1n) is 5.64. The van der Waals surface area contributed by atoms with Crippen LogP contribution in [0.4, 0.5) is 10.1 Å². The molecule has 0 heterocycles. The Morgan fingerprint density at radius 3 is 2.65 bits per heavy atom. The molecule has 0 fully saturated rings. The van der Waals surface area contributed by atoms with Crippen LogP contribution in [-0.2, 0) is 6.42 Å². The zero-order chi connectivity index (χ0) is 13.0. The minimum Gasteiger partial charge on any atom is -0.328 e. The van der Waals surface area contributed by atoms with E-state index in [4.69, 9.17) is 5.73 Å². The van der Waals surface area contributed by atoms with Crippen LogP contribution in [-0.4, -0.2) is 11.0 Å². The van der Waals surface area contributed by atoms with E-state index in [2.05, 4.69) is 0 Å². The van der Waals surface area contributed by atoms with Gasteiger partial charge < -0.3 is 5.73 Å². The number of nitro benzene ring substituents is 1. The van der Waals surface area contributed by atoms with Crippen LogP contribution in [0.1, 0.15) is 25.8 Å². The largest absolute Gasteiger partial charge is 0.328 e. The molecule has 1 rings (SSSR count). The molecular weight excluding hydrogens is 223 g/mol. The second kappa shape index (κ2) is 5.72. The first-order chi connectivity index (χ1) is 7.95. The van der Waals surface area contributed by atoms with Crippen LogP contribution in [0.15, 0.2) is 18.2 Å². The van der Waals surface area contributed by atoms with Gasteiger partial charge in [-0.15, -0.1) is 0 Å². The Kier molecular flexibility index (Phi) is 4.57. The highest BCUT2D eigenvalue weighted by atomic mass is 19.1. The van der Waals surface area contributed by atoms with Crippen LogP contribution >= 0.6 is 0 Å². The first-order valence-corrected chi connectivity index (χ1v) is 5.64. The lowest BCUT2D eigenvalue weighted by atomic mass is 9.90. The van der Waals surface area contributed by atoms with E-state index in [-0.39, 0.29) is 17.6 Å². The second-order valence-electron chi connectivity index (χ2n) is 4.26. The van der Waals surface area contributed by atoms with E-state index >= 15 is 0 Å². The Labute approximate surface area is 99.8 Å². The summed E-state index contributed by atoms with van der Waals surface area (Å²) in [5.41, 5.74) is 6.17. The number of hydrogen-bond donors (Lipinski definition) is 1. The lowest BCUT2D eigenvalue weighted by molar-refractivity contribution is -0.385. The summed E-state index contributed by atoms with van der Waals surface area (Å²) in [7, 11) is 0. The summed E-state index contributed by atoms with van der Waals surface area (Å²) in [5, 5.41) is 10.8. The van der Waals surface area contributed by atoms with Gasteiger partial charge in [-0.25, -0.2) is 4.39 Å². The molecule has 0 aromatic heterocycles. The summed E-state index contributed by atoms with van der Waals surface area (Å²) in [6.07, 6.45) is 1.24. The summed E-state index contributed by atoms with van der Waals surface area (Å²) in [5.74, 6) is -0.333. The van der Waals surface area contributed by atoms with Crippen molar-refractivity contribution >= 4 is 5.69 Å². The Morgan fingerprint density at radius 2 is 2.18 bits per heavy atom. The van der Waals surface area contributed by atoms with E-state index in [1.54, 1.807) is 0 Å². The highest BCUT2D eigenvalue weighted by Crippen LogP contribution is 2.24. The standard InChI is InChI=1S/C12H17FN2O2/c1-3-9(8(2)14)6-10-7-11(13)4-5-12(10)15(16)17/h4-5,7-9H,3,6,14H2,1-2H3. The fourth-order valence-corrected chi connectivity index (χ4v) is 1.88.